The van der Waals surface area contributed by atoms with E-state index in [1.807, 2.05) is 37.5 Å². The normalized spacial score (nSPS) is 9.64. The number of hydrogen-bond acceptors (Lipinski definition) is 3. The van der Waals surface area contributed by atoms with Gasteiger partial charge in [-0.15, -0.1) is 0 Å². The van der Waals surface area contributed by atoms with E-state index in [4.69, 9.17) is 10.6 Å². The molecule has 0 radical (unpaired) electrons. The third-order valence-electron chi connectivity index (χ3n) is 2.01. The van der Waals surface area contributed by atoms with Crippen LogP contribution in [0.3, 0.4) is 0 Å². The Hall–Kier alpha value is -1.55. The van der Waals surface area contributed by atoms with Crippen molar-refractivity contribution in [2.24, 2.45) is 5.84 Å². The molecule has 0 unspecified atom stereocenters. The Morgan fingerprint density at radius 1 is 1.43 bits per heavy atom. The summed E-state index contributed by atoms with van der Waals surface area (Å²) in [7, 11) is 0. The fourth-order valence-corrected chi connectivity index (χ4v) is 0.994. The van der Waals surface area contributed by atoms with Crippen LogP contribution in [-0.4, -0.2) is 12.5 Å². The topological polar surface area (TPSA) is 64.3 Å². The van der Waals surface area contributed by atoms with Crippen LogP contribution in [0.2, 0.25) is 0 Å². The Kier molecular flexibility index (Phi) is 3.48. The predicted molar refractivity (Wildman–Crippen MR) is 53.7 cm³/mol. The molecule has 1 amide bonds. The van der Waals surface area contributed by atoms with E-state index in [-0.39, 0.29) is 12.5 Å². The van der Waals surface area contributed by atoms with Gasteiger partial charge in [0, 0.05) is 0 Å². The second kappa shape index (κ2) is 4.62. The molecular weight excluding hydrogens is 180 g/mol. The van der Waals surface area contributed by atoms with Crippen molar-refractivity contribution in [3.8, 4) is 5.75 Å². The first-order valence-electron chi connectivity index (χ1n) is 4.33. The van der Waals surface area contributed by atoms with Crippen molar-refractivity contribution >= 4 is 5.91 Å². The van der Waals surface area contributed by atoms with Gasteiger partial charge in [-0.1, -0.05) is 6.07 Å². The highest BCUT2D eigenvalue weighted by molar-refractivity contribution is 5.76. The van der Waals surface area contributed by atoms with E-state index in [0.717, 1.165) is 5.56 Å². The third-order valence-corrected chi connectivity index (χ3v) is 2.01. The summed E-state index contributed by atoms with van der Waals surface area (Å²) in [6.07, 6.45) is 0. The number of carbonyl (C=O) groups is 1. The molecule has 0 aliphatic heterocycles. The van der Waals surface area contributed by atoms with Gasteiger partial charge in [0.2, 0.25) is 0 Å². The molecular formula is C10H14N2O2. The summed E-state index contributed by atoms with van der Waals surface area (Å²) in [5.74, 6) is 5.24. The quantitative estimate of drug-likeness (QED) is 0.422. The van der Waals surface area contributed by atoms with E-state index < -0.39 is 0 Å². The Morgan fingerprint density at radius 2 is 2.14 bits per heavy atom. The number of nitrogens with one attached hydrogen (secondary N) is 1. The van der Waals surface area contributed by atoms with Crippen molar-refractivity contribution in [2.45, 2.75) is 13.8 Å². The number of hydrogen-bond donors (Lipinski definition) is 2. The summed E-state index contributed by atoms with van der Waals surface area (Å²) in [5.41, 5.74) is 4.33. The molecule has 0 bridgehead atoms. The molecule has 1 aromatic carbocycles. The number of ether oxygens (including phenoxy) is 1. The first kappa shape index (κ1) is 10.5. The maximum Gasteiger partial charge on any atom is 0.271 e. The lowest BCUT2D eigenvalue weighted by atomic mass is 10.1. The lowest BCUT2D eigenvalue weighted by molar-refractivity contribution is -0.123. The molecule has 4 nitrogen and oxygen atoms in total. The van der Waals surface area contributed by atoms with Crippen LogP contribution >= 0.6 is 0 Å². The van der Waals surface area contributed by atoms with Crippen LogP contribution in [0.4, 0.5) is 0 Å². The highest BCUT2D eigenvalue weighted by atomic mass is 16.5. The zero-order valence-electron chi connectivity index (χ0n) is 8.33. The fraction of sp³-hybridized carbons (Fsp3) is 0.300. The highest BCUT2D eigenvalue weighted by Gasteiger charge is 2.00. The molecule has 0 heterocycles. The maximum absolute atomic E-state index is 10.8. The molecule has 0 spiro atoms. The Labute approximate surface area is 83.0 Å². The van der Waals surface area contributed by atoms with E-state index >= 15 is 0 Å². The zero-order valence-corrected chi connectivity index (χ0v) is 8.33. The molecule has 0 saturated carbocycles. The lowest BCUT2D eigenvalue weighted by Crippen LogP contribution is -2.34. The van der Waals surface area contributed by atoms with E-state index in [2.05, 4.69) is 0 Å². The zero-order chi connectivity index (χ0) is 10.6. The van der Waals surface area contributed by atoms with Gasteiger partial charge >= 0.3 is 0 Å². The van der Waals surface area contributed by atoms with Gasteiger partial charge in [-0.2, -0.15) is 0 Å². The van der Waals surface area contributed by atoms with Crippen LogP contribution in [0.15, 0.2) is 18.2 Å². The van der Waals surface area contributed by atoms with Crippen LogP contribution in [0.25, 0.3) is 0 Å². The van der Waals surface area contributed by atoms with E-state index in [1.54, 1.807) is 0 Å². The largest absolute Gasteiger partial charge is 0.484 e. The van der Waals surface area contributed by atoms with Crippen LogP contribution in [0.1, 0.15) is 11.1 Å². The molecule has 1 rings (SSSR count). The van der Waals surface area contributed by atoms with Crippen LogP contribution in [0.5, 0.6) is 5.75 Å². The summed E-state index contributed by atoms with van der Waals surface area (Å²) < 4.78 is 5.20. The molecule has 0 aromatic heterocycles. The second-order valence-corrected chi connectivity index (χ2v) is 3.10. The molecule has 0 atom stereocenters. The summed E-state index contributed by atoms with van der Waals surface area (Å²) in [4.78, 5) is 10.8. The van der Waals surface area contributed by atoms with Crippen molar-refractivity contribution in [3.05, 3.63) is 29.3 Å². The van der Waals surface area contributed by atoms with Gasteiger partial charge in [0.15, 0.2) is 6.61 Å². The molecule has 1 aromatic rings. The molecule has 0 aliphatic carbocycles. The number of carbonyl (C=O) groups excluding carboxylic acids is 1. The first-order valence-corrected chi connectivity index (χ1v) is 4.33. The molecule has 14 heavy (non-hydrogen) atoms. The van der Waals surface area contributed by atoms with Gasteiger partial charge in [-0.3, -0.25) is 10.2 Å². The number of hydrazine groups is 1. The summed E-state index contributed by atoms with van der Waals surface area (Å²) in [5, 5.41) is 0. The molecule has 76 valence electrons. The van der Waals surface area contributed by atoms with E-state index in [0.29, 0.717) is 5.75 Å². The first-order chi connectivity index (χ1) is 6.63. The minimum atomic E-state index is -0.344. The lowest BCUT2D eigenvalue weighted by Gasteiger charge is -2.06. The third kappa shape index (κ3) is 2.74. The number of benzene rings is 1. The molecule has 4 heteroatoms. The smallest absolute Gasteiger partial charge is 0.271 e. The van der Waals surface area contributed by atoms with Gasteiger partial charge in [-0.25, -0.2) is 5.84 Å². The van der Waals surface area contributed by atoms with Gasteiger partial charge in [0.1, 0.15) is 5.75 Å². The standard InChI is InChI=1S/C10H14N2O2/c1-7-3-4-9(5-8(7)2)14-6-10(13)12-11/h3-5H,6,11H2,1-2H3,(H,12,13). The number of nitrogens with two attached hydrogens (primary N) is 1. The molecule has 3 N–H and O–H groups in total. The van der Waals surface area contributed by atoms with Crippen molar-refractivity contribution in [1.29, 1.82) is 0 Å². The monoisotopic (exact) mass is 194 g/mol. The van der Waals surface area contributed by atoms with Crippen LogP contribution in [-0.2, 0) is 4.79 Å². The van der Waals surface area contributed by atoms with Gasteiger partial charge in [0.25, 0.3) is 5.91 Å². The maximum atomic E-state index is 10.8. The second-order valence-electron chi connectivity index (χ2n) is 3.10. The molecule has 0 aliphatic rings. The Bertz CT molecular complexity index is 337. The number of aryl methyl sites for hydroxylation is 2. The van der Waals surface area contributed by atoms with Crippen molar-refractivity contribution in [1.82, 2.24) is 5.43 Å². The van der Waals surface area contributed by atoms with Crippen molar-refractivity contribution in [2.75, 3.05) is 6.61 Å². The van der Waals surface area contributed by atoms with E-state index in [9.17, 15) is 4.79 Å². The SMILES string of the molecule is Cc1ccc(OCC(=O)NN)cc1C. The van der Waals surface area contributed by atoms with Crippen LogP contribution in [0, 0.1) is 13.8 Å². The summed E-state index contributed by atoms with van der Waals surface area (Å²) >= 11 is 0. The Morgan fingerprint density at radius 3 is 2.71 bits per heavy atom. The minimum absolute atomic E-state index is 0.0565. The van der Waals surface area contributed by atoms with Crippen molar-refractivity contribution in [3.63, 3.8) is 0 Å². The summed E-state index contributed by atoms with van der Waals surface area (Å²) in [6, 6.07) is 5.66. The highest BCUT2D eigenvalue weighted by Crippen LogP contribution is 2.15. The average molecular weight is 194 g/mol. The van der Waals surface area contributed by atoms with Gasteiger partial charge in [-0.05, 0) is 37.1 Å². The summed E-state index contributed by atoms with van der Waals surface area (Å²) in [6.45, 7) is 3.95. The van der Waals surface area contributed by atoms with E-state index in [1.165, 1.54) is 5.56 Å². The number of amides is 1. The fourth-order valence-electron chi connectivity index (χ4n) is 0.994. The average Bonchev–Trinajstić information content (AvgIpc) is 2.19. The Balaban J connectivity index is 2.60. The van der Waals surface area contributed by atoms with Crippen LogP contribution < -0.4 is 16.0 Å². The predicted octanol–water partition coefficient (Wildman–Crippen LogP) is 0.672. The number of rotatable bonds is 3. The molecule has 0 saturated heterocycles. The molecule has 0 fully saturated rings. The van der Waals surface area contributed by atoms with Gasteiger partial charge < -0.3 is 4.74 Å². The van der Waals surface area contributed by atoms with Gasteiger partial charge in [0.05, 0.1) is 0 Å². The minimum Gasteiger partial charge on any atom is -0.484 e. The van der Waals surface area contributed by atoms with Crippen molar-refractivity contribution < 1.29 is 9.53 Å².